The molecule has 1 aliphatic heterocycles. The van der Waals surface area contributed by atoms with Gasteiger partial charge in [0.05, 0.1) is 5.52 Å². The van der Waals surface area contributed by atoms with Crippen LogP contribution in [0, 0.1) is 5.92 Å². The number of aromatic nitrogens is 1. The Morgan fingerprint density at radius 2 is 1.80 bits per heavy atom. The van der Waals surface area contributed by atoms with Gasteiger partial charge in [-0.15, -0.1) is 0 Å². The van der Waals surface area contributed by atoms with Crippen LogP contribution in [-0.2, 0) is 6.42 Å². The second-order valence-corrected chi connectivity index (χ2v) is 6.88. The third kappa shape index (κ3) is 3.25. The Balaban J connectivity index is 1.48. The van der Waals surface area contributed by atoms with Crippen LogP contribution in [0.25, 0.3) is 10.9 Å². The maximum Gasteiger partial charge on any atom is 0.248 e. The van der Waals surface area contributed by atoms with Gasteiger partial charge >= 0.3 is 0 Å². The Labute approximate surface area is 147 Å². The number of carbonyl (C=O) groups is 1. The van der Waals surface area contributed by atoms with E-state index in [1.165, 1.54) is 18.4 Å². The van der Waals surface area contributed by atoms with E-state index in [9.17, 15) is 4.79 Å². The van der Waals surface area contributed by atoms with Crippen LogP contribution in [0.15, 0.2) is 60.8 Å². The number of benzene rings is 2. The van der Waals surface area contributed by atoms with Gasteiger partial charge in [0, 0.05) is 30.2 Å². The minimum atomic E-state index is -0.379. The molecule has 2 heterocycles. The van der Waals surface area contributed by atoms with E-state index < -0.39 is 0 Å². The molecule has 4 heteroatoms. The zero-order valence-corrected chi connectivity index (χ0v) is 14.3. The second-order valence-electron chi connectivity index (χ2n) is 6.88. The summed E-state index contributed by atoms with van der Waals surface area (Å²) in [6.45, 7) is 2.06. The Bertz CT molecular complexity index is 877. The topological polar surface area (TPSA) is 51.3 Å². The molecule has 1 amide bonds. The Hall–Kier alpha value is -2.75. The van der Waals surface area contributed by atoms with Crippen molar-refractivity contribution < 1.29 is 4.79 Å². The predicted octanol–water partition coefficient (Wildman–Crippen LogP) is 3.33. The van der Waals surface area contributed by atoms with Crippen LogP contribution in [-0.4, -0.2) is 23.7 Å². The number of amides is 1. The molecule has 3 aromatic rings. The molecule has 1 saturated heterocycles. The summed E-state index contributed by atoms with van der Waals surface area (Å²) in [6.07, 6.45) is 5.62. The van der Waals surface area contributed by atoms with Crippen LogP contribution in [0.5, 0.6) is 0 Å². The highest BCUT2D eigenvalue weighted by atomic mass is 16.1. The molecule has 1 aliphatic rings. The van der Waals surface area contributed by atoms with Gasteiger partial charge in [0.2, 0.25) is 5.91 Å². The van der Waals surface area contributed by atoms with E-state index in [0.717, 1.165) is 36.3 Å². The number of fused-ring (bicyclic) bond motifs is 1. The molecule has 0 aliphatic carbocycles. The average molecular weight is 333 g/mol. The first-order valence-corrected chi connectivity index (χ1v) is 8.91. The Kier molecular flexibility index (Phi) is 4.18. The molecule has 2 aromatic carbocycles. The molecule has 0 saturated carbocycles. The van der Waals surface area contributed by atoms with Crippen molar-refractivity contribution in [3.05, 3.63) is 71.9 Å². The van der Waals surface area contributed by atoms with Gasteiger partial charge in [-0.3, -0.25) is 9.47 Å². The normalized spacial score (nSPS) is 15.6. The molecule has 4 nitrogen and oxygen atoms in total. The predicted molar refractivity (Wildman–Crippen MR) is 101 cm³/mol. The van der Waals surface area contributed by atoms with Gasteiger partial charge in [-0.1, -0.05) is 36.4 Å². The van der Waals surface area contributed by atoms with Crippen molar-refractivity contribution in [3.63, 3.8) is 0 Å². The first kappa shape index (κ1) is 15.8. The lowest BCUT2D eigenvalue weighted by atomic mass is 9.91. The van der Waals surface area contributed by atoms with Crippen LogP contribution in [0.2, 0.25) is 0 Å². The average Bonchev–Trinajstić information content (AvgIpc) is 3.06. The van der Waals surface area contributed by atoms with Crippen LogP contribution in [0.3, 0.4) is 0 Å². The number of nitrogens with zero attached hydrogens (tertiary/aromatic N) is 2. The summed E-state index contributed by atoms with van der Waals surface area (Å²) in [7, 11) is 0. The number of rotatable bonds is 4. The Morgan fingerprint density at radius 1 is 1.04 bits per heavy atom. The lowest BCUT2D eigenvalue weighted by molar-refractivity contribution is 0.100. The van der Waals surface area contributed by atoms with E-state index in [-0.39, 0.29) is 5.91 Å². The van der Waals surface area contributed by atoms with Crippen molar-refractivity contribution >= 4 is 16.8 Å². The molecular weight excluding hydrogens is 310 g/mol. The zero-order chi connectivity index (χ0) is 17.2. The summed E-state index contributed by atoms with van der Waals surface area (Å²) in [5.41, 5.74) is 8.48. The summed E-state index contributed by atoms with van der Waals surface area (Å²) in [5.74, 6) is 0.359. The lowest BCUT2D eigenvalue weighted by Crippen LogP contribution is -2.41. The van der Waals surface area contributed by atoms with Crippen molar-refractivity contribution in [3.8, 4) is 0 Å². The van der Waals surface area contributed by atoms with Gasteiger partial charge in [0.25, 0.3) is 0 Å². The molecule has 1 aromatic heterocycles. The van der Waals surface area contributed by atoms with Crippen molar-refractivity contribution in [2.45, 2.75) is 19.3 Å². The lowest BCUT2D eigenvalue weighted by Gasteiger charge is -2.35. The van der Waals surface area contributed by atoms with Gasteiger partial charge < -0.3 is 10.7 Å². The summed E-state index contributed by atoms with van der Waals surface area (Å²) >= 11 is 0. The molecule has 4 rings (SSSR count). The maximum atomic E-state index is 11.5. The molecule has 2 N–H and O–H groups in total. The highest BCUT2D eigenvalue weighted by molar-refractivity contribution is 5.97. The first-order chi connectivity index (χ1) is 12.2. The van der Waals surface area contributed by atoms with E-state index >= 15 is 0 Å². The molecule has 128 valence electrons. The third-order valence-corrected chi connectivity index (χ3v) is 5.22. The fraction of sp³-hybridized carbons (Fsp3) is 0.286. The van der Waals surface area contributed by atoms with E-state index in [1.54, 1.807) is 6.07 Å². The minimum Gasteiger partial charge on any atom is -0.366 e. The summed E-state index contributed by atoms with van der Waals surface area (Å²) in [4.78, 5) is 11.5. The number of primary amides is 1. The van der Waals surface area contributed by atoms with Crippen LogP contribution in [0.4, 0.5) is 0 Å². The largest absolute Gasteiger partial charge is 0.366 e. The van der Waals surface area contributed by atoms with E-state index in [4.69, 9.17) is 5.73 Å². The van der Waals surface area contributed by atoms with Crippen LogP contribution in [0.1, 0.15) is 28.8 Å². The van der Waals surface area contributed by atoms with Crippen LogP contribution < -0.4 is 10.7 Å². The number of hydrogen-bond donors (Lipinski definition) is 1. The molecule has 0 unspecified atom stereocenters. The third-order valence-electron chi connectivity index (χ3n) is 5.22. The number of piperidine rings is 1. The Morgan fingerprint density at radius 3 is 2.52 bits per heavy atom. The fourth-order valence-corrected chi connectivity index (χ4v) is 3.80. The standard InChI is InChI=1S/C21H23N3O/c22-21(25)19-7-6-18-10-13-24(20(18)15-19)23-11-8-17(9-12-23)14-16-4-2-1-3-5-16/h1-7,10,13,15,17H,8-9,11-12,14H2,(H2,22,25). The quantitative estimate of drug-likeness (QED) is 0.796. The van der Waals surface area contributed by atoms with Crippen molar-refractivity contribution in [1.82, 2.24) is 4.68 Å². The van der Waals surface area contributed by atoms with Gasteiger partial charge in [0.15, 0.2) is 0 Å². The van der Waals surface area contributed by atoms with Crippen molar-refractivity contribution in [2.24, 2.45) is 11.7 Å². The van der Waals surface area contributed by atoms with Crippen molar-refractivity contribution in [1.29, 1.82) is 0 Å². The fourth-order valence-electron chi connectivity index (χ4n) is 3.80. The molecule has 0 radical (unpaired) electrons. The summed E-state index contributed by atoms with van der Waals surface area (Å²) in [5, 5.41) is 3.51. The maximum absolute atomic E-state index is 11.5. The summed E-state index contributed by atoms with van der Waals surface area (Å²) in [6, 6.07) is 18.5. The monoisotopic (exact) mass is 333 g/mol. The SMILES string of the molecule is NC(=O)c1ccc2ccn(N3CCC(Cc4ccccc4)CC3)c2c1. The van der Waals surface area contributed by atoms with E-state index in [2.05, 4.69) is 52.3 Å². The highest BCUT2D eigenvalue weighted by Crippen LogP contribution is 2.24. The van der Waals surface area contributed by atoms with Gasteiger partial charge in [0.1, 0.15) is 0 Å². The molecule has 0 atom stereocenters. The van der Waals surface area contributed by atoms with Crippen molar-refractivity contribution in [2.75, 3.05) is 18.1 Å². The molecular formula is C21H23N3O. The van der Waals surface area contributed by atoms with E-state index in [1.807, 2.05) is 12.1 Å². The number of hydrogen-bond acceptors (Lipinski definition) is 2. The first-order valence-electron chi connectivity index (χ1n) is 8.91. The van der Waals surface area contributed by atoms with Crippen LogP contribution >= 0.6 is 0 Å². The molecule has 25 heavy (non-hydrogen) atoms. The van der Waals surface area contributed by atoms with Gasteiger partial charge in [-0.05, 0) is 48.9 Å². The molecule has 1 fully saturated rings. The van der Waals surface area contributed by atoms with E-state index in [0.29, 0.717) is 5.56 Å². The second kappa shape index (κ2) is 6.63. The number of nitrogens with two attached hydrogens (primary N) is 1. The number of carbonyl (C=O) groups excluding carboxylic acids is 1. The molecule has 0 spiro atoms. The smallest absolute Gasteiger partial charge is 0.248 e. The highest BCUT2D eigenvalue weighted by Gasteiger charge is 2.20. The minimum absolute atomic E-state index is 0.379. The zero-order valence-electron chi connectivity index (χ0n) is 14.3. The van der Waals surface area contributed by atoms with Gasteiger partial charge in [-0.2, -0.15) is 0 Å². The van der Waals surface area contributed by atoms with Gasteiger partial charge in [-0.25, -0.2) is 0 Å². The molecule has 0 bridgehead atoms. The summed E-state index contributed by atoms with van der Waals surface area (Å²) < 4.78 is 2.18.